The fourth-order valence-corrected chi connectivity index (χ4v) is 2.49. The van der Waals surface area contributed by atoms with Crippen molar-refractivity contribution in [1.82, 2.24) is 4.98 Å². The second-order valence-corrected chi connectivity index (χ2v) is 4.68. The molecule has 0 bridgehead atoms. The molecule has 88 valence electrons. The van der Waals surface area contributed by atoms with Crippen LogP contribution in [0, 0.1) is 6.92 Å². The Bertz CT molecular complexity index is 368. The van der Waals surface area contributed by atoms with Crippen molar-refractivity contribution >= 4 is 5.82 Å². The zero-order chi connectivity index (χ0) is 11.7. The standard InChI is InChI=1S/C13H20N2O/c1-9-5-8-12(16-4)14-13(9)15-10(2)6-7-11(15)3/h5,8,10-11H,6-7H2,1-4H3. The van der Waals surface area contributed by atoms with E-state index in [9.17, 15) is 0 Å². The largest absolute Gasteiger partial charge is 0.481 e. The van der Waals surface area contributed by atoms with Gasteiger partial charge in [0.15, 0.2) is 0 Å². The van der Waals surface area contributed by atoms with Crippen molar-refractivity contribution in [2.24, 2.45) is 0 Å². The number of pyridine rings is 1. The Hall–Kier alpha value is -1.25. The molecule has 0 spiro atoms. The number of ether oxygens (including phenoxy) is 1. The van der Waals surface area contributed by atoms with Gasteiger partial charge < -0.3 is 9.64 Å². The lowest BCUT2D eigenvalue weighted by atomic mass is 10.2. The van der Waals surface area contributed by atoms with E-state index in [1.165, 1.54) is 18.4 Å². The van der Waals surface area contributed by atoms with E-state index in [0.29, 0.717) is 18.0 Å². The fourth-order valence-electron chi connectivity index (χ4n) is 2.49. The average Bonchev–Trinajstić information content (AvgIpc) is 2.60. The Kier molecular flexibility index (Phi) is 3.03. The number of anilines is 1. The van der Waals surface area contributed by atoms with Crippen molar-refractivity contribution < 1.29 is 4.74 Å². The lowest BCUT2D eigenvalue weighted by Gasteiger charge is -2.29. The lowest BCUT2D eigenvalue weighted by Crippen LogP contribution is -2.33. The Balaban J connectivity index is 2.38. The van der Waals surface area contributed by atoms with Gasteiger partial charge in [0.2, 0.25) is 5.88 Å². The van der Waals surface area contributed by atoms with Crippen LogP contribution in [0.1, 0.15) is 32.3 Å². The highest BCUT2D eigenvalue weighted by Gasteiger charge is 2.29. The summed E-state index contributed by atoms with van der Waals surface area (Å²) in [7, 11) is 1.66. The van der Waals surface area contributed by atoms with Crippen LogP contribution in [-0.4, -0.2) is 24.2 Å². The molecule has 1 aliphatic rings. The van der Waals surface area contributed by atoms with E-state index in [0.717, 1.165) is 5.82 Å². The van der Waals surface area contributed by atoms with Gasteiger partial charge in [0, 0.05) is 18.2 Å². The van der Waals surface area contributed by atoms with Crippen LogP contribution in [-0.2, 0) is 0 Å². The number of hydrogen-bond acceptors (Lipinski definition) is 3. The molecule has 1 aromatic heterocycles. The second-order valence-electron chi connectivity index (χ2n) is 4.68. The van der Waals surface area contributed by atoms with Crippen molar-refractivity contribution in [2.45, 2.75) is 45.7 Å². The molecule has 1 aliphatic heterocycles. The van der Waals surface area contributed by atoms with Crippen LogP contribution < -0.4 is 9.64 Å². The monoisotopic (exact) mass is 220 g/mol. The van der Waals surface area contributed by atoms with Crippen LogP contribution in [0.25, 0.3) is 0 Å². The van der Waals surface area contributed by atoms with Gasteiger partial charge in [0.25, 0.3) is 0 Å². The smallest absolute Gasteiger partial charge is 0.214 e. The first-order valence-corrected chi connectivity index (χ1v) is 5.93. The number of rotatable bonds is 2. The first kappa shape index (κ1) is 11.2. The topological polar surface area (TPSA) is 25.4 Å². The van der Waals surface area contributed by atoms with E-state index in [-0.39, 0.29) is 0 Å². The molecule has 2 unspecified atom stereocenters. The Labute approximate surface area is 97.4 Å². The molecule has 0 amide bonds. The van der Waals surface area contributed by atoms with Gasteiger partial charge in [-0.15, -0.1) is 0 Å². The summed E-state index contributed by atoms with van der Waals surface area (Å²) in [6.07, 6.45) is 2.50. The molecule has 2 rings (SSSR count). The van der Waals surface area contributed by atoms with Gasteiger partial charge in [-0.05, 0) is 39.2 Å². The molecule has 0 N–H and O–H groups in total. The Morgan fingerprint density at radius 1 is 1.25 bits per heavy atom. The molecule has 3 nitrogen and oxygen atoms in total. The van der Waals surface area contributed by atoms with Crippen LogP contribution in [0.15, 0.2) is 12.1 Å². The highest BCUT2D eigenvalue weighted by atomic mass is 16.5. The van der Waals surface area contributed by atoms with Crippen LogP contribution in [0.5, 0.6) is 5.88 Å². The average molecular weight is 220 g/mol. The van der Waals surface area contributed by atoms with Gasteiger partial charge in [0.05, 0.1) is 7.11 Å². The fraction of sp³-hybridized carbons (Fsp3) is 0.615. The molecule has 2 heterocycles. The van der Waals surface area contributed by atoms with Crippen LogP contribution >= 0.6 is 0 Å². The van der Waals surface area contributed by atoms with Gasteiger partial charge in [-0.2, -0.15) is 4.98 Å². The van der Waals surface area contributed by atoms with E-state index in [4.69, 9.17) is 4.74 Å². The van der Waals surface area contributed by atoms with E-state index in [1.54, 1.807) is 7.11 Å². The summed E-state index contributed by atoms with van der Waals surface area (Å²) >= 11 is 0. The maximum Gasteiger partial charge on any atom is 0.214 e. The molecule has 0 aliphatic carbocycles. The second kappa shape index (κ2) is 4.32. The summed E-state index contributed by atoms with van der Waals surface area (Å²) < 4.78 is 5.20. The third-order valence-corrected chi connectivity index (χ3v) is 3.45. The van der Waals surface area contributed by atoms with Gasteiger partial charge in [-0.25, -0.2) is 0 Å². The molecule has 0 radical (unpaired) electrons. The maximum atomic E-state index is 5.20. The number of aromatic nitrogens is 1. The van der Waals surface area contributed by atoms with Crippen molar-refractivity contribution in [3.63, 3.8) is 0 Å². The summed E-state index contributed by atoms with van der Waals surface area (Å²) in [5, 5.41) is 0. The van der Waals surface area contributed by atoms with E-state index < -0.39 is 0 Å². The highest BCUT2D eigenvalue weighted by Crippen LogP contribution is 2.32. The Morgan fingerprint density at radius 3 is 2.44 bits per heavy atom. The predicted molar refractivity (Wildman–Crippen MR) is 66.2 cm³/mol. The van der Waals surface area contributed by atoms with Crippen LogP contribution in [0.4, 0.5) is 5.82 Å². The minimum absolute atomic E-state index is 0.577. The van der Waals surface area contributed by atoms with E-state index in [1.807, 2.05) is 6.07 Å². The first-order chi connectivity index (χ1) is 7.63. The first-order valence-electron chi connectivity index (χ1n) is 5.93. The lowest BCUT2D eigenvalue weighted by molar-refractivity contribution is 0.397. The zero-order valence-electron chi connectivity index (χ0n) is 10.5. The summed E-state index contributed by atoms with van der Waals surface area (Å²) in [4.78, 5) is 6.99. The molecule has 16 heavy (non-hydrogen) atoms. The van der Waals surface area contributed by atoms with Crippen molar-refractivity contribution in [1.29, 1.82) is 0 Å². The molecule has 1 aromatic rings. The van der Waals surface area contributed by atoms with Crippen LogP contribution in [0.3, 0.4) is 0 Å². The van der Waals surface area contributed by atoms with E-state index >= 15 is 0 Å². The molecule has 0 saturated carbocycles. The summed E-state index contributed by atoms with van der Waals surface area (Å²) in [6.45, 7) is 6.65. The summed E-state index contributed by atoms with van der Waals surface area (Å²) in [5.41, 5.74) is 1.22. The molecular weight excluding hydrogens is 200 g/mol. The molecule has 1 fully saturated rings. The van der Waals surface area contributed by atoms with Gasteiger partial charge in [0.1, 0.15) is 5.82 Å². The predicted octanol–water partition coefficient (Wildman–Crippen LogP) is 2.78. The third kappa shape index (κ3) is 1.86. The molecule has 1 saturated heterocycles. The maximum absolute atomic E-state index is 5.20. The highest BCUT2D eigenvalue weighted by molar-refractivity contribution is 5.50. The van der Waals surface area contributed by atoms with Gasteiger partial charge in [-0.1, -0.05) is 6.07 Å². The van der Waals surface area contributed by atoms with Gasteiger partial charge >= 0.3 is 0 Å². The van der Waals surface area contributed by atoms with Crippen molar-refractivity contribution in [3.05, 3.63) is 17.7 Å². The SMILES string of the molecule is COc1ccc(C)c(N2C(C)CCC2C)n1. The molecule has 3 heteroatoms. The summed E-state index contributed by atoms with van der Waals surface area (Å²) in [6, 6.07) is 5.16. The quantitative estimate of drug-likeness (QED) is 0.766. The minimum Gasteiger partial charge on any atom is -0.481 e. The van der Waals surface area contributed by atoms with Crippen molar-refractivity contribution in [3.8, 4) is 5.88 Å². The molecule has 0 aromatic carbocycles. The number of methoxy groups -OCH3 is 1. The summed E-state index contributed by atoms with van der Waals surface area (Å²) in [5.74, 6) is 1.78. The third-order valence-electron chi connectivity index (χ3n) is 3.45. The molecule has 2 atom stereocenters. The molecular formula is C13H20N2O. The van der Waals surface area contributed by atoms with Gasteiger partial charge in [-0.3, -0.25) is 0 Å². The number of nitrogens with zero attached hydrogens (tertiary/aromatic N) is 2. The number of aryl methyl sites for hydroxylation is 1. The van der Waals surface area contributed by atoms with E-state index in [2.05, 4.69) is 36.7 Å². The number of hydrogen-bond donors (Lipinski definition) is 0. The van der Waals surface area contributed by atoms with Crippen molar-refractivity contribution in [2.75, 3.05) is 12.0 Å². The normalized spacial score (nSPS) is 24.9. The minimum atomic E-state index is 0.577. The zero-order valence-corrected chi connectivity index (χ0v) is 10.5. The Morgan fingerprint density at radius 2 is 1.88 bits per heavy atom. The van der Waals surface area contributed by atoms with Crippen LogP contribution in [0.2, 0.25) is 0 Å².